The van der Waals surface area contributed by atoms with Crippen molar-refractivity contribution < 1.29 is 0 Å². The van der Waals surface area contributed by atoms with Crippen LogP contribution in [0.3, 0.4) is 0 Å². The third-order valence-corrected chi connectivity index (χ3v) is 4.42. The fourth-order valence-electron chi connectivity index (χ4n) is 2.40. The van der Waals surface area contributed by atoms with Crippen LogP contribution >= 0.6 is 11.3 Å². The molecule has 18 heavy (non-hydrogen) atoms. The van der Waals surface area contributed by atoms with Gasteiger partial charge in [0.25, 0.3) is 0 Å². The minimum Gasteiger partial charge on any atom is -0.303 e. The van der Waals surface area contributed by atoms with Crippen LogP contribution in [-0.4, -0.2) is 0 Å². The molecule has 0 fully saturated rings. The summed E-state index contributed by atoms with van der Waals surface area (Å²) in [6.07, 6.45) is 0. The van der Waals surface area contributed by atoms with Gasteiger partial charge in [-0.3, -0.25) is 0 Å². The highest BCUT2D eigenvalue weighted by atomic mass is 32.1. The van der Waals surface area contributed by atoms with Gasteiger partial charge >= 0.3 is 0 Å². The van der Waals surface area contributed by atoms with E-state index >= 15 is 0 Å². The number of hydrogen-bond donors (Lipinski definition) is 1. The lowest BCUT2D eigenvalue weighted by Crippen LogP contribution is -2.22. The predicted octanol–water partition coefficient (Wildman–Crippen LogP) is 4.78. The summed E-state index contributed by atoms with van der Waals surface area (Å²) in [5, 5.41) is 5.80. The Balaban J connectivity index is 2.10. The number of aryl methyl sites for hydroxylation is 2. The Morgan fingerprint density at radius 1 is 1.06 bits per heavy atom. The fraction of sp³-hybridized carbons (Fsp3) is 0.375. The average molecular weight is 259 g/mol. The van der Waals surface area contributed by atoms with Crippen LogP contribution in [0.4, 0.5) is 0 Å². The molecule has 0 aliphatic carbocycles. The zero-order chi connectivity index (χ0) is 13.1. The third kappa shape index (κ3) is 3.01. The maximum absolute atomic E-state index is 3.67. The quantitative estimate of drug-likeness (QED) is 0.833. The maximum Gasteiger partial charge on any atom is 0.0391 e. The molecule has 0 bridgehead atoms. The van der Waals surface area contributed by atoms with Crippen LogP contribution < -0.4 is 5.32 Å². The molecule has 1 heterocycles. The Kier molecular flexibility index (Phi) is 4.20. The van der Waals surface area contributed by atoms with Gasteiger partial charge in [0.05, 0.1) is 0 Å². The van der Waals surface area contributed by atoms with Crippen molar-refractivity contribution in [2.75, 3.05) is 0 Å². The van der Waals surface area contributed by atoms with E-state index in [0.29, 0.717) is 12.1 Å². The second-order valence-electron chi connectivity index (χ2n) is 4.99. The number of benzene rings is 1. The summed E-state index contributed by atoms with van der Waals surface area (Å²) in [6.45, 7) is 8.80. The molecule has 0 aliphatic heterocycles. The molecule has 2 heteroatoms. The summed E-state index contributed by atoms with van der Waals surface area (Å²) >= 11 is 1.81. The van der Waals surface area contributed by atoms with E-state index in [1.807, 2.05) is 11.3 Å². The molecular formula is C16H21NS. The molecule has 96 valence electrons. The first-order chi connectivity index (χ1) is 8.58. The van der Waals surface area contributed by atoms with Crippen molar-refractivity contribution in [3.63, 3.8) is 0 Å². The lowest BCUT2D eigenvalue weighted by Gasteiger charge is -2.21. The normalized spacial score (nSPS) is 14.4. The van der Waals surface area contributed by atoms with Crippen molar-refractivity contribution in [3.8, 4) is 0 Å². The highest BCUT2D eigenvalue weighted by Gasteiger charge is 2.13. The molecule has 1 aromatic carbocycles. The van der Waals surface area contributed by atoms with E-state index in [-0.39, 0.29) is 0 Å². The van der Waals surface area contributed by atoms with Gasteiger partial charge in [-0.2, -0.15) is 0 Å². The minimum atomic E-state index is 0.377. The maximum atomic E-state index is 3.67. The van der Waals surface area contributed by atoms with Crippen LogP contribution in [0.15, 0.2) is 35.7 Å². The van der Waals surface area contributed by atoms with Gasteiger partial charge < -0.3 is 5.32 Å². The summed E-state index contributed by atoms with van der Waals surface area (Å²) in [6, 6.07) is 11.8. The minimum absolute atomic E-state index is 0.377. The zero-order valence-corrected chi connectivity index (χ0v) is 12.3. The summed E-state index contributed by atoms with van der Waals surface area (Å²) in [5.41, 5.74) is 4.09. The molecular weight excluding hydrogens is 238 g/mol. The number of rotatable bonds is 4. The predicted molar refractivity (Wildman–Crippen MR) is 80.2 cm³/mol. The fourth-order valence-corrected chi connectivity index (χ4v) is 3.14. The van der Waals surface area contributed by atoms with Crippen LogP contribution in [0, 0.1) is 13.8 Å². The van der Waals surface area contributed by atoms with Crippen LogP contribution in [0.25, 0.3) is 0 Å². The molecule has 1 aromatic heterocycles. The Labute approximate surface area is 114 Å². The van der Waals surface area contributed by atoms with Gasteiger partial charge in [-0.05, 0) is 50.3 Å². The van der Waals surface area contributed by atoms with Gasteiger partial charge in [0, 0.05) is 17.0 Å². The molecule has 0 amide bonds. The zero-order valence-electron chi connectivity index (χ0n) is 11.5. The highest BCUT2D eigenvalue weighted by molar-refractivity contribution is 7.10. The molecule has 2 rings (SSSR count). The van der Waals surface area contributed by atoms with Gasteiger partial charge in [-0.15, -0.1) is 11.3 Å². The summed E-state index contributed by atoms with van der Waals surface area (Å²) in [4.78, 5) is 1.40. The van der Waals surface area contributed by atoms with Crippen molar-refractivity contribution in [2.45, 2.75) is 39.8 Å². The van der Waals surface area contributed by atoms with E-state index in [4.69, 9.17) is 0 Å². The first-order valence-electron chi connectivity index (χ1n) is 6.44. The molecule has 2 atom stereocenters. The van der Waals surface area contributed by atoms with Crippen LogP contribution in [0.5, 0.6) is 0 Å². The van der Waals surface area contributed by atoms with Crippen LogP contribution in [-0.2, 0) is 0 Å². The van der Waals surface area contributed by atoms with Crippen molar-refractivity contribution in [1.29, 1.82) is 0 Å². The standard InChI is InChI=1S/C16H21NS/c1-11-7-8-15(12(2)10-11)13(3)17-14(4)16-6-5-9-18-16/h5-10,13-14,17H,1-4H3/t13?,14-/m0/s1. The molecule has 0 radical (unpaired) electrons. The molecule has 1 N–H and O–H groups in total. The second kappa shape index (κ2) is 5.68. The molecule has 1 nitrogen and oxygen atoms in total. The van der Waals surface area contributed by atoms with Gasteiger partial charge in [0.1, 0.15) is 0 Å². The van der Waals surface area contributed by atoms with Crippen molar-refractivity contribution >= 4 is 11.3 Å². The Hall–Kier alpha value is -1.12. The lowest BCUT2D eigenvalue weighted by atomic mass is 9.99. The molecule has 0 aliphatic rings. The summed E-state index contributed by atoms with van der Waals surface area (Å²) < 4.78 is 0. The summed E-state index contributed by atoms with van der Waals surface area (Å²) in [7, 11) is 0. The van der Waals surface area contributed by atoms with E-state index in [0.717, 1.165) is 0 Å². The topological polar surface area (TPSA) is 12.0 Å². The second-order valence-corrected chi connectivity index (χ2v) is 5.96. The lowest BCUT2D eigenvalue weighted by molar-refractivity contribution is 0.498. The van der Waals surface area contributed by atoms with Crippen molar-refractivity contribution in [2.24, 2.45) is 0 Å². The average Bonchev–Trinajstić information content (AvgIpc) is 2.81. The van der Waals surface area contributed by atoms with Gasteiger partial charge in [-0.25, -0.2) is 0 Å². The van der Waals surface area contributed by atoms with E-state index in [9.17, 15) is 0 Å². The van der Waals surface area contributed by atoms with E-state index in [2.05, 4.69) is 68.7 Å². The van der Waals surface area contributed by atoms with Gasteiger partial charge in [-0.1, -0.05) is 29.8 Å². The Morgan fingerprint density at radius 3 is 2.44 bits per heavy atom. The highest BCUT2D eigenvalue weighted by Crippen LogP contribution is 2.24. The van der Waals surface area contributed by atoms with E-state index in [1.165, 1.54) is 21.6 Å². The first-order valence-corrected chi connectivity index (χ1v) is 7.32. The molecule has 0 saturated heterocycles. The summed E-state index contributed by atoms with van der Waals surface area (Å²) in [5.74, 6) is 0. The van der Waals surface area contributed by atoms with E-state index in [1.54, 1.807) is 0 Å². The van der Waals surface area contributed by atoms with Gasteiger partial charge in [0.2, 0.25) is 0 Å². The van der Waals surface area contributed by atoms with Crippen molar-refractivity contribution in [1.82, 2.24) is 5.32 Å². The van der Waals surface area contributed by atoms with Crippen molar-refractivity contribution in [3.05, 3.63) is 57.3 Å². The largest absolute Gasteiger partial charge is 0.303 e. The third-order valence-electron chi connectivity index (χ3n) is 3.36. The number of hydrogen-bond acceptors (Lipinski definition) is 2. The molecule has 2 aromatic rings. The van der Waals surface area contributed by atoms with E-state index < -0.39 is 0 Å². The molecule has 1 unspecified atom stereocenters. The number of thiophene rings is 1. The van der Waals surface area contributed by atoms with Crippen LogP contribution in [0.1, 0.15) is 47.5 Å². The Bertz CT molecular complexity index is 502. The smallest absolute Gasteiger partial charge is 0.0391 e. The SMILES string of the molecule is Cc1ccc(C(C)N[C@@H](C)c2cccs2)c(C)c1. The Morgan fingerprint density at radius 2 is 1.83 bits per heavy atom. The molecule has 0 saturated carbocycles. The first kappa shape index (κ1) is 13.3. The monoisotopic (exact) mass is 259 g/mol. The number of nitrogens with one attached hydrogen (secondary N) is 1. The van der Waals surface area contributed by atoms with Crippen LogP contribution in [0.2, 0.25) is 0 Å². The van der Waals surface area contributed by atoms with Gasteiger partial charge in [0.15, 0.2) is 0 Å². The molecule has 0 spiro atoms.